The van der Waals surface area contributed by atoms with E-state index in [-0.39, 0.29) is 5.75 Å². The quantitative estimate of drug-likeness (QED) is 0.695. The molecule has 1 rings (SSSR count). The maximum Gasteiger partial charge on any atom is 0.148 e. The molecule has 0 bridgehead atoms. The number of piperidine rings is 1. The number of nitrogens with one attached hydrogen (secondary N) is 1. The van der Waals surface area contributed by atoms with Gasteiger partial charge in [-0.1, -0.05) is 6.42 Å². The molecule has 96 valence electrons. The lowest BCUT2D eigenvalue weighted by molar-refractivity contribution is 0.162. The van der Waals surface area contributed by atoms with Gasteiger partial charge in [0.25, 0.3) is 0 Å². The summed E-state index contributed by atoms with van der Waals surface area (Å²) in [6.07, 6.45) is 5.22. The fourth-order valence-corrected chi connectivity index (χ4v) is 2.61. The summed E-state index contributed by atoms with van der Waals surface area (Å²) in [7, 11) is -2.82. The summed E-state index contributed by atoms with van der Waals surface area (Å²) in [6.45, 7) is 5.95. The van der Waals surface area contributed by atoms with Crippen LogP contribution in [0.2, 0.25) is 0 Å². The first kappa shape index (κ1) is 13.9. The number of rotatable bonds is 6. The van der Waals surface area contributed by atoms with Crippen molar-refractivity contribution in [2.24, 2.45) is 0 Å². The molecule has 16 heavy (non-hydrogen) atoms. The van der Waals surface area contributed by atoms with E-state index in [1.807, 2.05) is 0 Å². The van der Waals surface area contributed by atoms with Crippen LogP contribution in [0.15, 0.2) is 0 Å². The minimum atomic E-state index is -2.82. The Morgan fingerprint density at radius 2 is 2.06 bits per heavy atom. The maximum absolute atomic E-state index is 10.9. The Hall–Kier alpha value is -0.130. The van der Waals surface area contributed by atoms with Crippen LogP contribution in [0.4, 0.5) is 0 Å². The van der Waals surface area contributed by atoms with Crippen molar-refractivity contribution in [2.75, 3.05) is 38.2 Å². The number of nitrogens with zero attached hydrogens (tertiary/aromatic N) is 1. The lowest BCUT2D eigenvalue weighted by Crippen LogP contribution is -2.42. The van der Waals surface area contributed by atoms with Gasteiger partial charge in [0.05, 0.1) is 5.75 Å². The Kier molecular flexibility index (Phi) is 5.72. The number of hydrogen-bond donors (Lipinski definition) is 1. The van der Waals surface area contributed by atoms with Crippen molar-refractivity contribution >= 4 is 9.84 Å². The fraction of sp³-hybridized carbons (Fsp3) is 1.00. The maximum atomic E-state index is 10.9. The van der Waals surface area contributed by atoms with Crippen LogP contribution in [-0.2, 0) is 9.84 Å². The van der Waals surface area contributed by atoms with Crippen molar-refractivity contribution in [2.45, 2.75) is 32.2 Å². The highest BCUT2D eigenvalue weighted by Gasteiger charge is 2.16. The van der Waals surface area contributed by atoms with Crippen molar-refractivity contribution < 1.29 is 8.42 Å². The summed E-state index contributed by atoms with van der Waals surface area (Å²) in [5.41, 5.74) is 0. The van der Waals surface area contributed by atoms with Crippen molar-refractivity contribution in [1.82, 2.24) is 10.2 Å². The molecule has 1 N–H and O–H groups in total. The van der Waals surface area contributed by atoms with Crippen LogP contribution in [-0.4, -0.2) is 57.5 Å². The standard InChI is InChI=1S/C11H24N2O2S/c1-11-5-3-4-8-13(11)9-6-12-7-10-16(2,14)15/h11-12H,3-10H2,1-2H3. The van der Waals surface area contributed by atoms with Crippen molar-refractivity contribution in [3.05, 3.63) is 0 Å². The summed E-state index contributed by atoms with van der Waals surface area (Å²) in [6, 6.07) is 0.686. The van der Waals surface area contributed by atoms with Crippen LogP contribution < -0.4 is 5.32 Å². The molecule has 0 amide bonds. The fourth-order valence-electron chi connectivity index (χ4n) is 2.10. The molecule has 1 aliphatic heterocycles. The summed E-state index contributed by atoms with van der Waals surface area (Å²) in [4.78, 5) is 2.48. The number of sulfone groups is 1. The van der Waals surface area contributed by atoms with E-state index in [1.54, 1.807) is 0 Å². The van der Waals surface area contributed by atoms with Crippen LogP contribution in [0.25, 0.3) is 0 Å². The first-order valence-electron chi connectivity index (χ1n) is 6.11. The van der Waals surface area contributed by atoms with Gasteiger partial charge < -0.3 is 5.32 Å². The minimum Gasteiger partial charge on any atom is -0.314 e. The van der Waals surface area contributed by atoms with Gasteiger partial charge in [-0.15, -0.1) is 0 Å². The zero-order valence-electron chi connectivity index (χ0n) is 10.4. The van der Waals surface area contributed by atoms with Gasteiger partial charge >= 0.3 is 0 Å². The molecule has 0 radical (unpaired) electrons. The van der Waals surface area contributed by atoms with Gasteiger partial charge in [-0.05, 0) is 26.3 Å². The van der Waals surface area contributed by atoms with Crippen LogP contribution >= 0.6 is 0 Å². The third-order valence-corrected chi connectivity index (χ3v) is 4.11. The van der Waals surface area contributed by atoms with Gasteiger partial charge in [0, 0.05) is 31.9 Å². The van der Waals surface area contributed by atoms with Crippen molar-refractivity contribution in [3.8, 4) is 0 Å². The zero-order chi connectivity index (χ0) is 12.0. The second kappa shape index (κ2) is 6.57. The summed E-state index contributed by atoms with van der Waals surface area (Å²) >= 11 is 0. The van der Waals surface area contributed by atoms with Gasteiger partial charge in [0.2, 0.25) is 0 Å². The van der Waals surface area contributed by atoms with Crippen LogP contribution in [0.5, 0.6) is 0 Å². The molecule has 1 heterocycles. The largest absolute Gasteiger partial charge is 0.314 e. The second-order valence-electron chi connectivity index (χ2n) is 4.76. The van der Waals surface area contributed by atoms with Crippen LogP contribution in [0.3, 0.4) is 0 Å². The van der Waals surface area contributed by atoms with Gasteiger partial charge in [0.1, 0.15) is 9.84 Å². The van der Waals surface area contributed by atoms with E-state index in [0.29, 0.717) is 12.6 Å². The van der Waals surface area contributed by atoms with Gasteiger partial charge in [-0.2, -0.15) is 0 Å². The molecule has 0 aromatic rings. The van der Waals surface area contributed by atoms with E-state index in [0.717, 1.165) is 13.1 Å². The lowest BCUT2D eigenvalue weighted by Gasteiger charge is -2.33. The summed E-state index contributed by atoms with van der Waals surface area (Å²) in [5, 5.41) is 3.19. The Labute approximate surface area is 99.3 Å². The van der Waals surface area contributed by atoms with E-state index in [9.17, 15) is 8.42 Å². The van der Waals surface area contributed by atoms with Crippen LogP contribution in [0, 0.1) is 0 Å². The molecule has 0 spiro atoms. The Morgan fingerprint density at radius 1 is 1.31 bits per heavy atom. The Bertz CT molecular complexity index is 290. The minimum absolute atomic E-state index is 0.239. The molecule has 0 saturated carbocycles. The monoisotopic (exact) mass is 248 g/mol. The average Bonchev–Trinajstić information content (AvgIpc) is 2.18. The van der Waals surface area contributed by atoms with E-state index < -0.39 is 9.84 Å². The van der Waals surface area contributed by atoms with Crippen molar-refractivity contribution in [3.63, 3.8) is 0 Å². The molecular weight excluding hydrogens is 224 g/mol. The highest BCUT2D eigenvalue weighted by Crippen LogP contribution is 2.15. The lowest BCUT2D eigenvalue weighted by atomic mass is 10.0. The topological polar surface area (TPSA) is 49.4 Å². The predicted molar refractivity (Wildman–Crippen MR) is 67.5 cm³/mol. The zero-order valence-corrected chi connectivity index (χ0v) is 11.2. The van der Waals surface area contributed by atoms with Gasteiger partial charge in [-0.3, -0.25) is 4.90 Å². The van der Waals surface area contributed by atoms with Crippen molar-refractivity contribution in [1.29, 1.82) is 0 Å². The molecule has 1 atom stereocenters. The van der Waals surface area contributed by atoms with E-state index in [2.05, 4.69) is 17.1 Å². The third kappa shape index (κ3) is 5.82. The van der Waals surface area contributed by atoms with Gasteiger partial charge in [0.15, 0.2) is 0 Å². The second-order valence-corrected chi connectivity index (χ2v) is 7.02. The Morgan fingerprint density at radius 3 is 2.69 bits per heavy atom. The first-order valence-corrected chi connectivity index (χ1v) is 8.17. The van der Waals surface area contributed by atoms with E-state index >= 15 is 0 Å². The number of hydrogen-bond acceptors (Lipinski definition) is 4. The van der Waals surface area contributed by atoms with E-state index in [1.165, 1.54) is 32.1 Å². The van der Waals surface area contributed by atoms with Crippen LogP contribution in [0.1, 0.15) is 26.2 Å². The predicted octanol–water partition coefficient (Wildman–Crippen LogP) is 0.495. The Balaban J connectivity index is 2.06. The smallest absolute Gasteiger partial charge is 0.148 e. The molecule has 1 aliphatic rings. The molecule has 0 aromatic carbocycles. The third-order valence-electron chi connectivity index (χ3n) is 3.17. The normalized spacial score (nSPS) is 23.5. The summed E-state index contributed by atoms with van der Waals surface area (Å²) < 4.78 is 21.8. The molecule has 4 nitrogen and oxygen atoms in total. The highest BCUT2D eigenvalue weighted by molar-refractivity contribution is 7.90. The molecule has 0 aliphatic carbocycles. The van der Waals surface area contributed by atoms with Gasteiger partial charge in [-0.25, -0.2) is 8.42 Å². The molecule has 1 fully saturated rings. The molecule has 1 saturated heterocycles. The number of likely N-dealkylation sites (tertiary alicyclic amines) is 1. The molecule has 1 unspecified atom stereocenters. The molecular formula is C11H24N2O2S. The first-order chi connectivity index (χ1) is 7.49. The van der Waals surface area contributed by atoms with E-state index in [4.69, 9.17) is 0 Å². The highest BCUT2D eigenvalue weighted by atomic mass is 32.2. The average molecular weight is 248 g/mol. The molecule has 0 aromatic heterocycles. The summed E-state index contributed by atoms with van der Waals surface area (Å²) in [5.74, 6) is 0.239. The molecule has 5 heteroatoms. The SMILES string of the molecule is CC1CCCCN1CCNCCS(C)(=O)=O.